The Balaban J connectivity index is -0.0000000483. The van der Waals surface area contributed by atoms with Gasteiger partial charge in [0.15, 0.2) is 0 Å². The molecule has 0 heterocycles. The summed E-state index contributed by atoms with van der Waals surface area (Å²) < 4.78 is 4.40. The van der Waals surface area contributed by atoms with Crippen molar-refractivity contribution < 1.29 is 43.9 Å². The second-order valence-corrected chi connectivity index (χ2v) is 1.42. The van der Waals surface area contributed by atoms with Crippen LogP contribution in [-0.4, -0.2) is 27.3 Å². The Morgan fingerprint density at radius 1 is 1.42 bits per heavy atom. The molecule has 0 atom stereocenters. The van der Waals surface area contributed by atoms with Gasteiger partial charge in [-0.05, 0) is 6.92 Å². The van der Waals surface area contributed by atoms with Gasteiger partial charge in [-0.15, -0.1) is 0 Å². The second kappa shape index (κ2) is 22.5. The SMILES string of the molecule is CCOC(C)=O.CC[C-]=O.[B].[Na+]. The van der Waals surface area contributed by atoms with Crippen LogP contribution in [0.4, 0.5) is 0 Å². The van der Waals surface area contributed by atoms with Crippen LogP contribution in [0.2, 0.25) is 0 Å². The van der Waals surface area contributed by atoms with Crippen molar-refractivity contribution in [1.82, 2.24) is 0 Å². The largest absolute Gasteiger partial charge is 1.00 e. The Morgan fingerprint density at radius 3 is 1.75 bits per heavy atom. The van der Waals surface area contributed by atoms with Gasteiger partial charge in [-0.2, -0.15) is 6.42 Å². The zero-order chi connectivity index (χ0) is 8.41. The summed E-state index contributed by atoms with van der Waals surface area (Å²) in [4.78, 5) is 18.9. The molecule has 0 aromatic carbocycles. The molecule has 0 saturated heterocycles. The Kier molecular flexibility index (Phi) is 42.6. The van der Waals surface area contributed by atoms with E-state index in [2.05, 4.69) is 4.74 Å². The molecule has 0 aliphatic rings. The number of hydrogen-bond acceptors (Lipinski definition) is 3. The Hall–Kier alpha value is 0.205. The van der Waals surface area contributed by atoms with Crippen molar-refractivity contribution in [3.8, 4) is 0 Å². The van der Waals surface area contributed by atoms with Gasteiger partial charge in [-0.3, -0.25) is 11.1 Å². The first-order valence-corrected chi connectivity index (χ1v) is 3.17. The predicted molar refractivity (Wildman–Crippen MR) is 44.0 cm³/mol. The third kappa shape index (κ3) is 48.9. The van der Waals surface area contributed by atoms with Gasteiger partial charge < -0.3 is 9.53 Å². The van der Waals surface area contributed by atoms with Crippen molar-refractivity contribution in [2.24, 2.45) is 0 Å². The van der Waals surface area contributed by atoms with Gasteiger partial charge in [-0.1, -0.05) is 6.92 Å². The van der Waals surface area contributed by atoms with Crippen molar-refractivity contribution in [3.63, 3.8) is 0 Å². The summed E-state index contributed by atoms with van der Waals surface area (Å²) in [5.74, 6) is -0.211. The van der Waals surface area contributed by atoms with Crippen molar-refractivity contribution in [1.29, 1.82) is 0 Å². The summed E-state index contributed by atoms with van der Waals surface area (Å²) in [6.45, 7) is 5.41. The number of ether oxygens (including phenoxy) is 1. The van der Waals surface area contributed by atoms with E-state index < -0.39 is 0 Å². The third-order valence-electron chi connectivity index (χ3n) is 0.492. The van der Waals surface area contributed by atoms with Gasteiger partial charge in [0, 0.05) is 15.3 Å². The van der Waals surface area contributed by atoms with Crippen molar-refractivity contribution in [2.45, 2.75) is 27.2 Å². The number of carbonyl (C=O) groups is 1. The summed E-state index contributed by atoms with van der Waals surface area (Å²) >= 11 is 0. The fourth-order valence-corrected chi connectivity index (χ4v) is 0.203. The average Bonchev–Trinajstić information content (AvgIpc) is 1.89. The fourth-order valence-electron chi connectivity index (χ4n) is 0.203. The molecular weight excluding hydrogens is 166 g/mol. The third-order valence-corrected chi connectivity index (χ3v) is 0.492. The summed E-state index contributed by atoms with van der Waals surface area (Å²) in [6.07, 6.45) is 2.19. The van der Waals surface area contributed by atoms with E-state index in [0.29, 0.717) is 13.0 Å². The van der Waals surface area contributed by atoms with Crippen LogP contribution in [0.1, 0.15) is 27.2 Å². The molecule has 0 unspecified atom stereocenters. The van der Waals surface area contributed by atoms with Gasteiger partial charge in [0.05, 0.1) is 6.61 Å². The van der Waals surface area contributed by atoms with Crippen LogP contribution < -0.4 is 29.6 Å². The number of esters is 1. The normalized spacial score (nSPS) is 5.92. The van der Waals surface area contributed by atoms with E-state index in [1.54, 1.807) is 20.1 Å². The van der Waals surface area contributed by atoms with Crippen LogP contribution in [-0.2, 0) is 14.3 Å². The molecule has 63 valence electrons. The van der Waals surface area contributed by atoms with Crippen molar-refractivity contribution >= 4 is 20.7 Å². The van der Waals surface area contributed by atoms with Gasteiger partial charge in [-0.25, -0.2) is 0 Å². The maximum Gasteiger partial charge on any atom is 1.00 e. The minimum Gasteiger partial charge on any atom is -0.542 e. The molecule has 0 spiro atoms. The maximum atomic E-state index is 9.82. The summed E-state index contributed by atoms with van der Waals surface area (Å²) in [5, 5.41) is 0. The van der Waals surface area contributed by atoms with Crippen molar-refractivity contribution in [2.75, 3.05) is 6.61 Å². The van der Waals surface area contributed by atoms with Gasteiger partial charge >= 0.3 is 35.5 Å². The molecule has 0 aliphatic carbocycles. The molecular formula is C7H13BNaO3. The molecule has 0 rings (SSSR count). The molecule has 0 N–H and O–H groups in total. The quantitative estimate of drug-likeness (QED) is 0.272. The molecule has 0 bridgehead atoms. The first kappa shape index (κ1) is 22.8. The second-order valence-electron chi connectivity index (χ2n) is 1.42. The minimum atomic E-state index is -0.211. The van der Waals surface area contributed by atoms with E-state index in [1.165, 1.54) is 6.92 Å². The molecule has 3 radical (unpaired) electrons. The minimum absolute atomic E-state index is 0. The maximum absolute atomic E-state index is 9.82. The topological polar surface area (TPSA) is 43.4 Å². The summed E-state index contributed by atoms with van der Waals surface area (Å²) in [7, 11) is 0. The van der Waals surface area contributed by atoms with Crippen LogP contribution in [0.5, 0.6) is 0 Å². The number of hydrogen-bond donors (Lipinski definition) is 0. The van der Waals surface area contributed by atoms with E-state index in [1.807, 2.05) is 0 Å². The number of rotatable bonds is 2. The van der Waals surface area contributed by atoms with Crippen LogP contribution in [0.15, 0.2) is 0 Å². The molecule has 0 aromatic heterocycles. The number of carbonyl (C=O) groups excluding carboxylic acids is 2. The monoisotopic (exact) mass is 179 g/mol. The van der Waals surface area contributed by atoms with E-state index in [0.717, 1.165) is 0 Å². The van der Waals surface area contributed by atoms with E-state index >= 15 is 0 Å². The summed E-state index contributed by atoms with van der Waals surface area (Å²) in [6, 6.07) is 0. The Morgan fingerprint density at radius 2 is 1.75 bits per heavy atom. The van der Waals surface area contributed by atoms with Gasteiger partial charge in [0.2, 0.25) is 0 Å². The predicted octanol–water partition coefficient (Wildman–Crippen LogP) is -2.30. The molecule has 12 heavy (non-hydrogen) atoms. The Bertz CT molecular complexity index is 98.7. The molecule has 3 nitrogen and oxygen atoms in total. The van der Waals surface area contributed by atoms with E-state index in [-0.39, 0.29) is 43.9 Å². The van der Waals surface area contributed by atoms with Crippen LogP contribution in [0.25, 0.3) is 0 Å². The molecule has 5 heteroatoms. The standard InChI is InChI=1S/C4H8O2.C3H5O.B.Na/c1-3-6-4(2)5;1-2-3-4;;/h3H2,1-2H3;2H2,1H3;;/q;-1;;+1. The van der Waals surface area contributed by atoms with Crippen LogP contribution >= 0.6 is 0 Å². The molecule has 0 aromatic rings. The average molecular weight is 179 g/mol. The first-order valence-electron chi connectivity index (χ1n) is 3.17. The van der Waals surface area contributed by atoms with Crippen molar-refractivity contribution in [3.05, 3.63) is 0 Å². The van der Waals surface area contributed by atoms with Gasteiger partial charge in [0.25, 0.3) is 0 Å². The van der Waals surface area contributed by atoms with Crippen LogP contribution in [0, 0.1) is 0 Å². The zero-order valence-corrected chi connectivity index (χ0v) is 10.2. The molecule has 0 aliphatic heterocycles. The fraction of sp³-hybridized carbons (Fsp3) is 0.714. The zero-order valence-electron chi connectivity index (χ0n) is 8.22. The molecule has 0 saturated carbocycles. The Labute approximate surface area is 98.1 Å². The molecule has 0 fully saturated rings. The summed E-state index contributed by atoms with van der Waals surface area (Å²) in [5.41, 5.74) is 0. The smallest absolute Gasteiger partial charge is 0.542 e. The van der Waals surface area contributed by atoms with E-state index in [4.69, 9.17) is 4.79 Å². The van der Waals surface area contributed by atoms with E-state index in [9.17, 15) is 4.79 Å². The van der Waals surface area contributed by atoms with Gasteiger partial charge in [0.1, 0.15) is 0 Å². The first-order chi connectivity index (χ1) is 4.68. The van der Waals surface area contributed by atoms with Crippen LogP contribution in [0.3, 0.4) is 0 Å². The molecule has 0 amide bonds.